The fourth-order valence-electron chi connectivity index (χ4n) is 3.23. The Hall–Kier alpha value is -3.73. The molecule has 144 valence electrons. The maximum atomic E-state index is 12.7. The molecule has 0 fully saturated rings. The summed E-state index contributed by atoms with van der Waals surface area (Å²) in [6.45, 7) is 0.814. The zero-order valence-electron chi connectivity index (χ0n) is 16.0. The smallest absolute Gasteiger partial charge is 0.257 e. The molecule has 0 radical (unpaired) electrons. The molecule has 0 aliphatic carbocycles. The number of aryl methyl sites for hydroxylation is 1. The zero-order valence-corrected chi connectivity index (χ0v) is 16.0. The lowest BCUT2D eigenvalue weighted by atomic mass is 10.1. The van der Waals surface area contributed by atoms with Gasteiger partial charge in [0.05, 0.1) is 22.5 Å². The van der Waals surface area contributed by atoms with Gasteiger partial charge < -0.3 is 10.6 Å². The summed E-state index contributed by atoms with van der Waals surface area (Å²) in [7, 11) is 0. The summed E-state index contributed by atoms with van der Waals surface area (Å²) in [6.07, 6.45) is 7.04. The quantitative estimate of drug-likeness (QED) is 0.445. The first-order valence-corrected chi connectivity index (χ1v) is 9.67. The number of para-hydroxylation sites is 1. The highest BCUT2D eigenvalue weighted by atomic mass is 16.1. The van der Waals surface area contributed by atoms with Crippen LogP contribution in [0.2, 0.25) is 0 Å². The molecule has 0 saturated heterocycles. The average molecular weight is 382 g/mol. The number of anilines is 2. The Labute approximate surface area is 169 Å². The minimum absolute atomic E-state index is 0.205. The number of benzene rings is 2. The van der Waals surface area contributed by atoms with E-state index in [-0.39, 0.29) is 5.91 Å². The number of carbonyl (C=O) groups is 1. The number of rotatable bonds is 7. The third-order valence-corrected chi connectivity index (χ3v) is 4.70. The molecule has 0 atom stereocenters. The number of carbonyl (C=O) groups excluding carboxylic acids is 1. The predicted molar refractivity (Wildman–Crippen MR) is 117 cm³/mol. The summed E-state index contributed by atoms with van der Waals surface area (Å²) in [6, 6.07) is 21.8. The molecule has 0 aliphatic heterocycles. The standard InChI is InChI=1S/C24H22N4O/c29-24(28-22-12-4-10-19-11-6-14-27-23(19)22)20-15-21(17-25-16-20)26-13-5-9-18-7-2-1-3-8-18/h1-4,6-8,10-12,14-17,26H,5,9,13H2,(H,28,29). The van der Waals surface area contributed by atoms with Crippen LogP contribution in [0.15, 0.2) is 85.3 Å². The van der Waals surface area contributed by atoms with Crippen molar-refractivity contribution in [2.24, 2.45) is 0 Å². The van der Waals surface area contributed by atoms with Gasteiger partial charge in [0, 0.05) is 30.5 Å². The number of hydrogen-bond acceptors (Lipinski definition) is 4. The molecule has 1 amide bonds. The van der Waals surface area contributed by atoms with Gasteiger partial charge in [-0.05, 0) is 36.6 Å². The van der Waals surface area contributed by atoms with E-state index in [0.29, 0.717) is 11.3 Å². The van der Waals surface area contributed by atoms with Crippen molar-refractivity contribution >= 4 is 28.2 Å². The van der Waals surface area contributed by atoms with Crippen LogP contribution >= 0.6 is 0 Å². The highest BCUT2D eigenvalue weighted by molar-refractivity contribution is 6.08. The maximum Gasteiger partial charge on any atom is 0.257 e. The molecule has 2 heterocycles. The van der Waals surface area contributed by atoms with Crippen LogP contribution < -0.4 is 10.6 Å². The fourth-order valence-corrected chi connectivity index (χ4v) is 3.23. The minimum atomic E-state index is -0.205. The van der Waals surface area contributed by atoms with Crippen LogP contribution in [-0.4, -0.2) is 22.4 Å². The van der Waals surface area contributed by atoms with Crippen LogP contribution in [0.3, 0.4) is 0 Å². The molecule has 2 N–H and O–H groups in total. The number of nitrogens with one attached hydrogen (secondary N) is 2. The lowest BCUT2D eigenvalue weighted by Crippen LogP contribution is -2.13. The molecule has 0 saturated carbocycles. The Morgan fingerprint density at radius 2 is 1.79 bits per heavy atom. The second-order valence-corrected chi connectivity index (χ2v) is 6.81. The van der Waals surface area contributed by atoms with Crippen LogP contribution in [0.4, 0.5) is 11.4 Å². The van der Waals surface area contributed by atoms with Crippen LogP contribution in [-0.2, 0) is 6.42 Å². The van der Waals surface area contributed by atoms with Crippen molar-refractivity contribution in [3.05, 3.63) is 96.4 Å². The third kappa shape index (κ3) is 4.76. The molecule has 0 bridgehead atoms. The maximum absolute atomic E-state index is 12.7. The molecule has 5 heteroatoms. The third-order valence-electron chi connectivity index (χ3n) is 4.70. The van der Waals surface area contributed by atoms with E-state index >= 15 is 0 Å². The van der Waals surface area contributed by atoms with Gasteiger partial charge in [-0.2, -0.15) is 0 Å². The molecule has 29 heavy (non-hydrogen) atoms. The van der Waals surface area contributed by atoms with Crippen LogP contribution in [0.25, 0.3) is 10.9 Å². The zero-order chi connectivity index (χ0) is 19.9. The first kappa shape index (κ1) is 18.6. The van der Waals surface area contributed by atoms with Gasteiger partial charge >= 0.3 is 0 Å². The summed E-state index contributed by atoms with van der Waals surface area (Å²) >= 11 is 0. The van der Waals surface area contributed by atoms with Gasteiger partial charge in [-0.3, -0.25) is 14.8 Å². The topological polar surface area (TPSA) is 66.9 Å². The Morgan fingerprint density at radius 3 is 2.69 bits per heavy atom. The molecule has 4 aromatic rings. The van der Waals surface area contributed by atoms with Gasteiger partial charge in [-0.25, -0.2) is 0 Å². The molecule has 2 aromatic heterocycles. The lowest BCUT2D eigenvalue weighted by molar-refractivity contribution is 0.102. The van der Waals surface area contributed by atoms with Crippen molar-refractivity contribution in [2.45, 2.75) is 12.8 Å². The Morgan fingerprint density at radius 1 is 0.931 bits per heavy atom. The highest BCUT2D eigenvalue weighted by Gasteiger charge is 2.10. The van der Waals surface area contributed by atoms with E-state index < -0.39 is 0 Å². The van der Waals surface area contributed by atoms with Gasteiger partial charge in [-0.15, -0.1) is 0 Å². The van der Waals surface area contributed by atoms with Gasteiger partial charge in [0.15, 0.2) is 0 Å². The van der Waals surface area contributed by atoms with Crippen LogP contribution in [0.1, 0.15) is 22.3 Å². The van der Waals surface area contributed by atoms with E-state index in [2.05, 4.69) is 44.9 Å². The average Bonchev–Trinajstić information content (AvgIpc) is 2.78. The first-order valence-electron chi connectivity index (χ1n) is 9.67. The van der Waals surface area contributed by atoms with E-state index in [9.17, 15) is 4.79 Å². The Kier molecular flexibility index (Phi) is 5.76. The number of hydrogen-bond donors (Lipinski definition) is 2. The van der Waals surface area contributed by atoms with Crippen molar-refractivity contribution in [3.63, 3.8) is 0 Å². The molecule has 0 unspecified atom stereocenters. The molecule has 2 aromatic carbocycles. The molecular formula is C24H22N4O. The second-order valence-electron chi connectivity index (χ2n) is 6.81. The molecule has 0 spiro atoms. The van der Waals surface area contributed by atoms with E-state index in [1.165, 1.54) is 5.56 Å². The lowest BCUT2D eigenvalue weighted by Gasteiger charge is -2.10. The Bertz CT molecular complexity index is 1110. The van der Waals surface area contributed by atoms with Gasteiger partial charge in [0.25, 0.3) is 5.91 Å². The summed E-state index contributed by atoms with van der Waals surface area (Å²) in [4.78, 5) is 21.3. The van der Waals surface area contributed by atoms with Crippen molar-refractivity contribution < 1.29 is 4.79 Å². The number of aromatic nitrogens is 2. The largest absolute Gasteiger partial charge is 0.384 e. The highest BCUT2D eigenvalue weighted by Crippen LogP contribution is 2.21. The normalized spacial score (nSPS) is 10.6. The molecular weight excluding hydrogens is 360 g/mol. The SMILES string of the molecule is O=C(Nc1cccc2cccnc12)c1cncc(NCCCc2ccccc2)c1. The first-order chi connectivity index (χ1) is 14.3. The van der Waals surface area contributed by atoms with Crippen molar-refractivity contribution in [2.75, 3.05) is 17.2 Å². The van der Waals surface area contributed by atoms with Crippen molar-refractivity contribution in [1.29, 1.82) is 0 Å². The van der Waals surface area contributed by atoms with Gasteiger partial charge in [-0.1, -0.05) is 48.5 Å². The van der Waals surface area contributed by atoms with Gasteiger partial charge in [0.2, 0.25) is 0 Å². The molecule has 4 rings (SSSR count). The van der Waals surface area contributed by atoms with Gasteiger partial charge in [0.1, 0.15) is 0 Å². The number of fused-ring (bicyclic) bond motifs is 1. The van der Waals surface area contributed by atoms with E-state index in [4.69, 9.17) is 0 Å². The predicted octanol–water partition coefficient (Wildman–Crippen LogP) is 4.93. The molecule has 0 aliphatic rings. The summed E-state index contributed by atoms with van der Waals surface area (Å²) < 4.78 is 0. The summed E-state index contributed by atoms with van der Waals surface area (Å²) in [5.74, 6) is -0.205. The van der Waals surface area contributed by atoms with E-state index in [1.807, 2.05) is 42.5 Å². The van der Waals surface area contributed by atoms with Crippen molar-refractivity contribution in [1.82, 2.24) is 9.97 Å². The minimum Gasteiger partial charge on any atom is -0.384 e. The fraction of sp³-hybridized carbons (Fsp3) is 0.125. The Balaban J connectivity index is 1.38. The number of nitrogens with zero attached hydrogens (tertiary/aromatic N) is 2. The summed E-state index contributed by atoms with van der Waals surface area (Å²) in [5.41, 5.74) is 4.12. The number of pyridine rings is 2. The monoisotopic (exact) mass is 382 g/mol. The van der Waals surface area contributed by atoms with Crippen LogP contribution in [0, 0.1) is 0 Å². The van der Waals surface area contributed by atoms with Crippen molar-refractivity contribution in [3.8, 4) is 0 Å². The van der Waals surface area contributed by atoms with E-state index in [0.717, 1.165) is 36.0 Å². The van der Waals surface area contributed by atoms with Crippen LogP contribution in [0.5, 0.6) is 0 Å². The van der Waals surface area contributed by atoms with E-state index in [1.54, 1.807) is 18.6 Å². The summed E-state index contributed by atoms with van der Waals surface area (Å²) in [5, 5.41) is 7.28. The number of amides is 1. The molecule has 5 nitrogen and oxygen atoms in total. The second kappa shape index (κ2) is 8.97.